The summed E-state index contributed by atoms with van der Waals surface area (Å²) in [6, 6.07) is 9.88. The molecule has 2 aliphatic rings. The molecule has 1 aromatic carbocycles. The van der Waals surface area contributed by atoms with Crippen LogP contribution in [0.4, 0.5) is 4.79 Å². The minimum absolute atomic E-state index is 0.0712. The lowest BCUT2D eigenvalue weighted by molar-refractivity contribution is -0.118. The molecule has 120 valence electrons. The Hall–Kier alpha value is -2.76. The van der Waals surface area contributed by atoms with Gasteiger partial charge in [0, 0.05) is 6.04 Å². The van der Waals surface area contributed by atoms with Crippen molar-refractivity contribution in [2.75, 3.05) is 0 Å². The van der Waals surface area contributed by atoms with Crippen molar-refractivity contribution < 1.29 is 9.59 Å². The fourth-order valence-electron chi connectivity index (χ4n) is 3.14. The molecule has 1 heterocycles. The average Bonchev–Trinajstić information content (AvgIpc) is 3.00. The summed E-state index contributed by atoms with van der Waals surface area (Å²) in [6.45, 7) is 3.63. The predicted molar refractivity (Wildman–Crippen MR) is 87.0 cm³/mol. The highest BCUT2D eigenvalue weighted by molar-refractivity contribution is 6.00. The minimum atomic E-state index is -0.497. The van der Waals surface area contributed by atoms with Gasteiger partial charge in [-0.15, -0.1) is 0 Å². The number of carbonyl (C=O) groups excluding carboxylic acids is 2. The molecule has 0 radical (unpaired) electrons. The van der Waals surface area contributed by atoms with Gasteiger partial charge in [-0.3, -0.25) is 4.79 Å². The number of carbonyl (C=O) groups is 2. The lowest BCUT2D eigenvalue weighted by Crippen LogP contribution is -2.48. The first kappa shape index (κ1) is 15.1. The van der Waals surface area contributed by atoms with E-state index in [4.69, 9.17) is 5.73 Å². The molecule has 0 saturated heterocycles. The second-order valence-electron chi connectivity index (χ2n) is 5.94. The van der Waals surface area contributed by atoms with Crippen molar-refractivity contribution in [3.8, 4) is 0 Å². The molecule has 0 unspecified atom stereocenters. The maximum Gasteiger partial charge on any atom is 0.323 e. The van der Waals surface area contributed by atoms with Crippen LogP contribution >= 0.6 is 0 Å². The largest absolute Gasteiger partial charge is 0.395 e. The van der Waals surface area contributed by atoms with Gasteiger partial charge in [0.15, 0.2) is 0 Å². The highest BCUT2D eigenvalue weighted by Gasteiger charge is 2.30. The van der Waals surface area contributed by atoms with Crippen LogP contribution in [0.5, 0.6) is 0 Å². The molecule has 1 fully saturated rings. The van der Waals surface area contributed by atoms with Gasteiger partial charge in [-0.1, -0.05) is 36.9 Å². The SMILES string of the molecule is C=C1NC(=O)NC(C(=O)N[C@@H]2CC[C@H](c3ccccc3)C2)=C1N. The van der Waals surface area contributed by atoms with E-state index in [9.17, 15) is 9.59 Å². The Bertz CT molecular complexity index is 681. The monoisotopic (exact) mass is 312 g/mol. The van der Waals surface area contributed by atoms with Crippen LogP contribution in [0, 0.1) is 0 Å². The Labute approximate surface area is 134 Å². The van der Waals surface area contributed by atoms with Crippen molar-refractivity contribution >= 4 is 11.9 Å². The van der Waals surface area contributed by atoms with Gasteiger partial charge in [0.25, 0.3) is 5.91 Å². The van der Waals surface area contributed by atoms with Crippen LogP contribution in [0.2, 0.25) is 0 Å². The molecule has 1 saturated carbocycles. The molecular formula is C17H20N4O2. The summed E-state index contributed by atoms with van der Waals surface area (Å²) >= 11 is 0. The van der Waals surface area contributed by atoms with Crippen molar-refractivity contribution in [1.29, 1.82) is 0 Å². The molecule has 1 aromatic rings. The Morgan fingerprint density at radius 1 is 1.22 bits per heavy atom. The maximum atomic E-state index is 12.4. The Balaban J connectivity index is 1.64. The molecule has 2 atom stereocenters. The topological polar surface area (TPSA) is 96.2 Å². The summed E-state index contributed by atoms with van der Waals surface area (Å²) in [7, 11) is 0. The van der Waals surface area contributed by atoms with Crippen LogP contribution in [0.15, 0.2) is 54.0 Å². The number of hydrogen-bond acceptors (Lipinski definition) is 3. The molecule has 3 amide bonds. The van der Waals surface area contributed by atoms with Gasteiger partial charge in [-0.05, 0) is 30.7 Å². The average molecular weight is 312 g/mol. The van der Waals surface area contributed by atoms with E-state index in [0.717, 1.165) is 19.3 Å². The summed E-state index contributed by atoms with van der Waals surface area (Å²) in [4.78, 5) is 23.8. The van der Waals surface area contributed by atoms with Crippen molar-refractivity contribution in [3.05, 3.63) is 59.6 Å². The molecule has 0 aromatic heterocycles. The van der Waals surface area contributed by atoms with Crippen molar-refractivity contribution in [2.24, 2.45) is 5.73 Å². The van der Waals surface area contributed by atoms with E-state index in [0.29, 0.717) is 5.92 Å². The van der Waals surface area contributed by atoms with Crippen LogP contribution in [0.25, 0.3) is 0 Å². The second kappa shape index (κ2) is 6.16. The second-order valence-corrected chi connectivity index (χ2v) is 5.94. The molecule has 5 N–H and O–H groups in total. The van der Waals surface area contributed by atoms with Crippen LogP contribution in [0.3, 0.4) is 0 Å². The van der Waals surface area contributed by atoms with E-state index in [1.165, 1.54) is 5.56 Å². The lowest BCUT2D eigenvalue weighted by atomic mass is 9.98. The molecule has 6 nitrogen and oxygen atoms in total. The van der Waals surface area contributed by atoms with Crippen LogP contribution in [-0.4, -0.2) is 18.0 Å². The highest BCUT2D eigenvalue weighted by Crippen LogP contribution is 2.34. The third kappa shape index (κ3) is 3.21. The first-order valence-electron chi connectivity index (χ1n) is 7.67. The minimum Gasteiger partial charge on any atom is -0.395 e. The van der Waals surface area contributed by atoms with E-state index in [1.54, 1.807) is 0 Å². The molecule has 1 aliphatic heterocycles. The Morgan fingerprint density at radius 2 is 1.96 bits per heavy atom. The quantitative estimate of drug-likeness (QED) is 0.680. The zero-order chi connectivity index (χ0) is 16.4. The third-order valence-corrected chi connectivity index (χ3v) is 4.36. The molecule has 23 heavy (non-hydrogen) atoms. The maximum absolute atomic E-state index is 12.4. The van der Waals surface area contributed by atoms with Gasteiger partial charge in [0.05, 0.1) is 11.4 Å². The van der Waals surface area contributed by atoms with Crippen molar-refractivity contribution in [3.63, 3.8) is 0 Å². The number of urea groups is 1. The van der Waals surface area contributed by atoms with Crippen molar-refractivity contribution in [2.45, 2.75) is 31.2 Å². The van der Waals surface area contributed by atoms with Crippen LogP contribution in [0.1, 0.15) is 30.7 Å². The van der Waals surface area contributed by atoms with Crippen LogP contribution < -0.4 is 21.7 Å². The van der Waals surface area contributed by atoms with E-state index in [2.05, 4.69) is 34.7 Å². The number of amides is 3. The highest BCUT2D eigenvalue weighted by atomic mass is 16.2. The van der Waals surface area contributed by atoms with Gasteiger partial charge in [-0.25, -0.2) is 4.79 Å². The number of hydrogen-bond donors (Lipinski definition) is 4. The molecule has 0 bridgehead atoms. The number of benzene rings is 1. The van der Waals surface area contributed by atoms with Gasteiger partial charge in [0.1, 0.15) is 5.70 Å². The molecular weight excluding hydrogens is 292 g/mol. The predicted octanol–water partition coefficient (Wildman–Crippen LogP) is 1.44. The zero-order valence-corrected chi connectivity index (χ0v) is 12.8. The standard InChI is InChI=1S/C17H20N4O2/c1-10-14(18)15(21-17(23)19-10)16(22)20-13-8-7-12(9-13)11-5-3-2-4-6-11/h2-6,12-13H,1,7-9,18H2,(H,20,22)(H2,19,21,23)/t12-,13+/m0/s1. The summed E-state index contributed by atoms with van der Waals surface area (Å²) in [5, 5.41) is 7.83. The van der Waals surface area contributed by atoms with Gasteiger partial charge >= 0.3 is 6.03 Å². The smallest absolute Gasteiger partial charge is 0.323 e. The van der Waals surface area contributed by atoms with E-state index in [1.807, 2.05) is 18.2 Å². The van der Waals surface area contributed by atoms with Crippen LogP contribution in [-0.2, 0) is 4.79 Å². The Morgan fingerprint density at radius 3 is 2.70 bits per heavy atom. The summed E-state index contributed by atoms with van der Waals surface area (Å²) in [5.41, 5.74) is 7.60. The van der Waals surface area contributed by atoms with Gasteiger partial charge < -0.3 is 21.7 Å². The first-order chi connectivity index (χ1) is 11.0. The molecule has 1 aliphatic carbocycles. The summed E-state index contributed by atoms with van der Waals surface area (Å²) < 4.78 is 0. The third-order valence-electron chi connectivity index (χ3n) is 4.36. The molecule has 0 spiro atoms. The molecule has 3 rings (SSSR count). The Kier molecular flexibility index (Phi) is 4.06. The normalized spacial score (nSPS) is 24.2. The zero-order valence-electron chi connectivity index (χ0n) is 12.8. The first-order valence-corrected chi connectivity index (χ1v) is 7.67. The fraction of sp³-hybridized carbons (Fsp3) is 0.294. The van der Waals surface area contributed by atoms with E-state index < -0.39 is 6.03 Å². The van der Waals surface area contributed by atoms with Gasteiger partial charge in [-0.2, -0.15) is 0 Å². The summed E-state index contributed by atoms with van der Waals surface area (Å²) in [5.74, 6) is 0.0858. The lowest BCUT2D eigenvalue weighted by Gasteiger charge is -2.22. The van der Waals surface area contributed by atoms with Crippen molar-refractivity contribution in [1.82, 2.24) is 16.0 Å². The fourth-order valence-corrected chi connectivity index (χ4v) is 3.14. The van der Waals surface area contributed by atoms with Gasteiger partial charge in [0.2, 0.25) is 0 Å². The molecule has 6 heteroatoms. The van der Waals surface area contributed by atoms with E-state index >= 15 is 0 Å². The number of nitrogens with one attached hydrogen (secondary N) is 3. The summed E-state index contributed by atoms with van der Waals surface area (Å²) in [6.07, 6.45) is 2.83. The number of nitrogens with two attached hydrogens (primary N) is 1. The van der Waals surface area contributed by atoms with E-state index in [-0.39, 0.29) is 29.0 Å². The number of rotatable bonds is 3.